The van der Waals surface area contributed by atoms with Gasteiger partial charge in [-0.2, -0.15) is 0 Å². The van der Waals surface area contributed by atoms with Crippen molar-refractivity contribution in [3.8, 4) is 17.2 Å². The summed E-state index contributed by atoms with van der Waals surface area (Å²) in [5, 5.41) is 8.20. The van der Waals surface area contributed by atoms with Gasteiger partial charge in [-0.15, -0.1) is 5.10 Å². The van der Waals surface area contributed by atoms with Gasteiger partial charge in [0.05, 0.1) is 17.6 Å². The summed E-state index contributed by atoms with van der Waals surface area (Å²) in [5.41, 5.74) is 7.32. The predicted molar refractivity (Wildman–Crippen MR) is 64.9 cm³/mol. The van der Waals surface area contributed by atoms with Crippen molar-refractivity contribution in [1.82, 2.24) is 15.0 Å². The smallest absolute Gasteiger partial charge is 0.231 e. The maximum Gasteiger partial charge on any atom is 0.231 e. The summed E-state index contributed by atoms with van der Waals surface area (Å²) < 4.78 is 12.3. The molecule has 1 aliphatic rings. The number of benzene rings is 1. The van der Waals surface area contributed by atoms with E-state index in [2.05, 4.69) is 10.3 Å². The van der Waals surface area contributed by atoms with E-state index in [9.17, 15) is 0 Å². The molecule has 0 saturated heterocycles. The Balaban J connectivity index is 1.83. The van der Waals surface area contributed by atoms with Crippen LogP contribution >= 0.6 is 0 Å². The number of nitrogens with zero attached hydrogens (tertiary/aromatic N) is 3. The molecule has 0 atom stereocenters. The summed E-state index contributed by atoms with van der Waals surface area (Å²) in [7, 11) is 0. The van der Waals surface area contributed by atoms with Gasteiger partial charge >= 0.3 is 0 Å². The number of ether oxygens (including phenoxy) is 2. The first-order valence-corrected chi connectivity index (χ1v) is 5.88. The molecular weight excluding hydrogens is 232 g/mol. The Labute approximate surface area is 104 Å². The van der Waals surface area contributed by atoms with Crippen LogP contribution in [0.1, 0.15) is 12.1 Å². The summed E-state index contributed by atoms with van der Waals surface area (Å²) in [6.45, 7) is 0.939. The van der Waals surface area contributed by atoms with E-state index >= 15 is 0 Å². The number of aryl methyl sites for hydroxylation is 1. The minimum Gasteiger partial charge on any atom is -0.454 e. The maximum atomic E-state index is 5.47. The first-order chi connectivity index (χ1) is 8.86. The fourth-order valence-corrected chi connectivity index (χ4v) is 1.85. The van der Waals surface area contributed by atoms with Gasteiger partial charge in [-0.3, -0.25) is 0 Å². The molecule has 94 valence electrons. The summed E-state index contributed by atoms with van der Waals surface area (Å²) in [6.07, 6.45) is 3.67. The number of rotatable bonds is 4. The number of fused-ring (bicyclic) bond motifs is 1. The topological polar surface area (TPSA) is 75.2 Å². The van der Waals surface area contributed by atoms with Crippen LogP contribution in [0, 0.1) is 0 Å². The monoisotopic (exact) mass is 246 g/mol. The highest BCUT2D eigenvalue weighted by molar-refractivity contribution is 5.49. The van der Waals surface area contributed by atoms with Crippen molar-refractivity contribution in [2.24, 2.45) is 5.73 Å². The Morgan fingerprint density at radius 1 is 1.28 bits per heavy atom. The van der Waals surface area contributed by atoms with Crippen LogP contribution < -0.4 is 15.2 Å². The number of aromatic nitrogens is 3. The molecule has 18 heavy (non-hydrogen) atoms. The predicted octanol–water partition coefficient (Wildman–Crippen LogP) is 0.887. The molecular formula is C12H14N4O2. The minimum absolute atomic E-state index is 0.276. The lowest BCUT2D eigenvalue weighted by Crippen LogP contribution is -2.00. The summed E-state index contributed by atoms with van der Waals surface area (Å²) in [5.74, 6) is 1.51. The molecule has 1 aliphatic heterocycles. The van der Waals surface area contributed by atoms with Crippen LogP contribution in [0.2, 0.25) is 0 Å². The third-order valence-corrected chi connectivity index (χ3v) is 2.80. The molecule has 1 aromatic heterocycles. The van der Waals surface area contributed by atoms with Gasteiger partial charge in [0.2, 0.25) is 6.79 Å². The van der Waals surface area contributed by atoms with Gasteiger partial charge in [0.1, 0.15) is 0 Å². The van der Waals surface area contributed by atoms with Crippen LogP contribution in [0.5, 0.6) is 11.5 Å². The highest BCUT2D eigenvalue weighted by atomic mass is 16.7. The third kappa shape index (κ3) is 2.02. The highest BCUT2D eigenvalue weighted by Gasteiger charge is 2.14. The van der Waals surface area contributed by atoms with Crippen LogP contribution in [-0.2, 0) is 6.42 Å². The van der Waals surface area contributed by atoms with E-state index < -0.39 is 0 Å². The second-order valence-corrected chi connectivity index (χ2v) is 4.08. The quantitative estimate of drug-likeness (QED) is 0.867. The van der Waals surface area contributed by atoms with Gasteiger partial charge in [-0.05, 0) is 31.5 Å². The van der Waals surface area contributed by atoms with Crippen molar-refractivity contribution in [3.63, 3.8) is 0 Å². The largest absolute Gasteiger partial charge is 0.454 e. The Morgan fingerprint density at radius 3 is 3.06 bits per heavy atom. The molecule has 0 aliphatic carbocycles. The first kappa shape index (κ1) is 11.0. The van der Waals surface area contributed by atoms with E-state index in [1.165, 1.54) is 0 Å². The highest BCUT2D eigenvalue weighted by Crippen LogP contribution is 2.33. The van der Waals surface area contributed by atoms with Gasteiger partial charge in [0, 0.05) is 6.07 Å². The third-order valence-electron chi connectivity index (χ3n) is 2.80. The van der Waals surface area contributed by atoms with E-state index in [-0.39, 0.29) is 6.79 Å². The lowest BCUT2D eigenvalue weighted by molar-refractivity contribution is 0.174. The lowest BCUT2D eigenvalue weighted by Gasteiger charge is -2.01. The van der Waals surface area contributed by atoms with Crippen LogP contribution in [0.3, 0.4) is 0 Å². The SMILES string of the molecule is NCCCc1cn(-c2ccc3c(c2)OCO3)nn1. The van der Waals surface area contributed by atoms with E-state index in [1.807, 2.05) is 24.4 Å². The summed E-state index contributed by atoms with van der Waals surface area (Å²) >= 11 is 0. The molecule has 0 fully saturated rings. The minimum atomic E-state index is 0.276. The number of nitrogens with two attached hydrogens (primary N) is 1. The molecule has 0 radical (unpaired) electrons. The van der Waals surface area contributed by atoms with Gasteiger partial charge in [0.25, 0.3) is 0 Å². The number of hydrogen-bond donors (Lipinski definition) is 1. The first-order valence-electron chi connectivity index (χ1n) is 5.88. The molecule has 1 aromatic carbocycles. The standard InChI is InChI=1S/C12H14N4O2/c13-5-1-2-9-7-16(15-14-9)10-3-4-11-12(6-10)18-8-17-11/h3-4,6-7H,1-2,5,8,13H2. The van der Waals surface area contributed by atoms with Crippen molar-refractivity contribution < 1.29 is 9.47 Å². The van der Waals surface area contributed by atoms with Crippen molar-refractivity contribution in [1.29, 1.82) is 0 Å². The average molecular weight is 246 g/mol. The average Bonchev–Trinajstić information content (AvgIpc) is 3.04. The summed E-state index contributed by atoms with van der Waals surface area (Å²) in [4.78, 5) is 0. The zero-order chi connectivity index (χ0) is 12.4. The molecule has 2 heterocycles. The van der Waals surface area contributed by atoms with Crippen molar-refractivity contribution in [3.05, 3.63) is 30.1 Å². The van der Waals surface area contributed by atoms with E-state index in [0.29, 0.717) is 6.54 Å². The summed E-state index contributed by atoms with van der Waals surface area (Å²) in [6, 6.07) is 5.69. The van der Waals surface area contributed by atoms with Crippen LogP contribution in [0.25, 0.3) is 5.69 Å². The maximum absolute atomic E-state index is 5.47. The van der Waals surface area contributed by atoms with E-state index in [4.69, 9.17) is 15.2 Å². The van der Waals surface area contributed by atoms with E-state index in [0.717, 1.165) is 35.7 Å². The fourth-order valence-electron chi connectivity index (χ4n) is 1.85. The fraction of sp³-hybridized carbons (Fsp3) is 0.333. The van der Waals surface area contributed by atoms with Crippen LogP contribution in [0.15, 0.2) is 24.4 Å². The van der Waals surface area contributed by atoms with Crippen LogP contribution in [0.4, 0.5) is 0 Å². The van der Waals surface area contributed by atoms with Gasteiger partial charge < -0.3 is 15.2 Å². The Morgan fingerprint density at radius 2 is 2.17 bits per heavy atom. The zero-order valence-electron chi connectivity index (χ0n) is 9.87. The molecule has 3 rings (SSSR count). The second-order valence-electron chi connectivity index (χ2n) is 4.08. The van der Waals surface area contributed by atoms with Gasteiger partial charge in [-0.25, -0.2) is 4.68 Å². The Kier molecular flexibility index (Phi) is 2.85. The molecule has 0 bridgehead atoms. The molecule has 0 saturated carbocycles. The van der Waals surface area contributed by atoms with Crippen molar-refractivity contribution in [2.45, 2.75) is 12.8 Å². The molecule has 0 unspecified atom stereocenters. The second kappa shape index (κ2) is 4.66. The molecule has 0 amide bonds. The van der Waals surface area contributed by atoms with Crippen LogP contribution in [-0.4, -0.2) is 28.3 Å². The number of hydrogen-bond acceptors (Lipinski definition) is 5. The van der Waals surface area contributed by atoms with Crippen molar-refractivity contribution in [2.75, 3.05) is 13.3 Å². The van der Waals surface area contributed by atoms with E-state index in [1.54, 1.807) is 4.68 Å². The van der Waals surface area contributed by atoms with Gasteiger partial charge in [-0.1, -0.05) is 5.21 Å². The normalized spacial score (nSPS) is 12.9. The molecule has 6 nitrogen and oxygen atoms in total. The lowest BCUT2D eigenvalue weighted by atomic mass is 10.2. The molecule has 6 heteroatoms. The molecule has 2 N–H and O–H groups in total. The molecule has 2 aromatic rings. The molecule has 0 spiro atoms. The van der Waals surface area contributed by atoms with Gasteiger partial charge in [0.15, 0.2) is 11.5 Å². The Bertz CT molecular complexity index is 553. The Hall–Kier alpha value is -2.08. The zero-order valence-corrected chi connectivity index (χ0v) is 9.87. The van der Waals surface area contributed by atoms with Crippen molar-refractivity contribution >= 4 is 0 Å².